The first kappa shape index (κ1) is 12.0. The van der Waals surface area contributed by atoms with Gasteiger partial charge in [-0.05, 0) is 12.8 Å². The Bertz CT molecular complexity index is 237. The van der Waals surface area contributed by atoms with Gasteiger partial charge < -0.3 is 15.3 Å². The smallest absolute Gasteiger partial charge is 0.311 e. The second-order valence-electron chi connectivity index (χ2n) is 3.91. The average Bonchev–Trinajstić information content (AvgIpc) is 2.69. The number of carbonyl (C=O) groups excluding carboxylic acids is 2. The summed E-state index contributed by atoms with van der Waals surface area (Å²) < 4.78 is 0. The fourth-order valence-corrected chi connectivity index (χ4v) is 1.74. The van der Waals surface area contributed by atoms with Gasteiger partial charge in [0.1, 0.15) is 0 Å². The highest BCUT2D eigenvalue weighted by atomic mass is 16.3. The summed E-state index contributed by atoms with van der Waals surface area (Å²) in [7, 11) is 1.51. The number of rotatable bonds is 3. The predicted molar refractivity (Wildman–Crippen MR) is 55.1 cm³/mol. The third-order valence-electron chi connectivity index (χ3n) is 2.67. The molecule has 5 nitrogen and oxygen atoms in total. The van der Waals surface area contributed by atoms with E-state index in [1.54, 1.807) is 0 Å². The van der Waals surface area contributed by atoms with Gasteiger partial charge in [-0.1, -0.05) is 12.8 Å². The van der Waals surface area contributed by atoms with Crippen LogP contribution in [-0.2, 0) is 9.59 Å². The van der Waals surface area contributed by atoms with Crippen LogP contribution in [0.4, 0.5) is 0 Å². The molecule has 0 bridgehead atoms. The summed E-state index contributed by atoms with van der Waals surface area (Å²) in [4.78, 5) is 24.1. The Morgan fingerprint density at radius 3 is 2.53 bits per heavy atom. The van der Waals surface area contributed by atoms with E-state index >= 15 is 0 Å². The SMILES string of the molecule is CN(CCO)C(=O)C(=O)NC1CCCC1. The zero-order valence-electron chi connectivity index (χ0n) is 9.03. The van der Waals surface area contributed by atoms with Crippen molar-refractivity contribution in [2.24, 2.45) is 0 Å². The normalized spacial score (nSPS) is 16.4. The maximum atomic E-state index is 11.4. The zero-order chi connectivity index (χ0) is 11.3. The summed E-state index contributed by atoms with van der Waals surface area (Å²) in [6, 6.07) is 0.156. The molecule has 1 aliphatic carbocycles. The minimum absolute atomic E-state index is 0.126. The Morgan fingerprint density at radius 1 is 1.40 bits per heavy atom. The first-order valence-electron chi connectivity index (χ1n) is 5.32. The van der Waals surface area contributed by atoms with Gasteiger partial charge in [0.05, 0.1) is 6.61 Å². The summed E-state index contributed by atoms with van der Waals surface area (Å²) >= 11 is 0. The lowest BCUT2D eigenvalue weighted by Gasteiger charge is -2.17. The molecular weight excluding hydrogens is 196 g/mol. The Hall–Kier alpha value is -1.10. The first-order chi connectivity index (χ1) is 7.15. The van der Waals surface area contributed by atoms with E-state index in [0.29, 0.717) is 0 Å². The second-order valence-corrected chi connectivity index (χ2v) is 3.91. The summed E-state index contributed by atoms with van der Waals surface area (Å²) in [5.41, 5.74) is 0. The largest absolute Gasteiger partial charge is 0.395 e. The van der Waals surface area contributed by atoms with E-state index in [-0.39, 0.29) is 19.2 Å². The Labute approximate surface area is 89.4 Å². The fraction of sp³-hybridized carbons (Fsp3) is 0.800. The molecule has 15 heavy (non-hydrogen) atoms. The van der Waals surface area contributed by atoms with Crippen LogP contribution in [0, 0.1) is 0 Å². The van der Waals surface area contributed by atoms with Crippen LogP contribution in [0.5, 0.6) is 0 Å². The van der Waals surface area contributed by atoms with Crippen molar-refractivity contribution in [3.63, 3.8) is 0 Å². The molecule has 2 N–H and O–H groups in total. The maximum Gasteiger partial charge on any atom is 0.311 e. The topological polar surface area (TPSA) is 69.6 Å². The highest BCUT2D eigenvalue weighted by Crippen LogP contribution is 2.17. The fourth-order valence-electron chi connectivity index (χ4n) is 1.74. The van der Waals surface area contributed by atoms with E-state index < -0.39 is 11.8 Å². The van der Waals surface area contributed by atoms with Crippen LogP contribution in [0.15, 0.2) is 0 Å². The molecule has 86 valence electrons. The van der Waals surface area contributed by atoms with Gasteiger partial charge in [-0.25, -0.2) is 0 Å². The summed E-state index contributed by atoms with van der Waals surface area (Å²) in [5.74, 6) is -1.13. The van der Waals surface area contributed by atoms with Crippen LogP contribution in [0.3, 0.4) is 0 Å². The van der Waals surface area contributed by atoms with Crippen LogP contribution >= 0.6 is 0 Å². The number of aliphatic hydroxyl groups excluding tert-OH is 1. The van der Waals surface area contributed by atoms with Crippen LogP contribution in [0.2, 0.25) is 0 Å². The molecular formula is C10H18N2O3. The number of aliphatic hydroxyl groups is 1. The van der Waals surface area contributed by atoms with E-state index in [0.717, 1.165) is 25.7 Å². The molecule has 1 aliphatic rings. The van der Waals surface area contributed by atoms with Crippen molar-refractivity contribution in [1.82, 2.24) is 10.2 Å². The highest BCUT2D eigenvalue weighted by Gasteiger charge is 2.23. The summed E-state index contributed by atoms with van der Waals surface area (Å²) in [5, 5.41) is 11.3. The van der Waals surface area contributed by atoms with Crippen molar-refractivity contribution < 1.29 is 14.7 Å². The number of carbonyl (C=O) groups is 2. The molecule has 0 aromatic heterocycles. The second kappa shape index (κ2) is 5.70. The Kier molecular flexibility index (Phi) is 4.55. The quantitative estimate of drug-likeness (QED) is 0.622. The summed E-state index contributed by atoms with van der Waals surface area (Å²) in [6.45, 7) is 0.0653. The number of nitrogens with one attached hydrogen (secondary N) is 1. The van der Waals surface area contributed by atoms with E-state index in [1.807, 2.05) is 0 Å². The average molecular weight is 214 g/mol. The van der Waals surface area contributed by atoms with Gasteiger partial charge >= 0.3 is 11.8 Å². The van der Waals surface area contributed by atoms with E-state index in [2.05, 4.69) is 5.32 Å². The molecule has 0 saturated heterocycles. The molecule has 5 heteroatoms. The molecule has 0 aromatic carbocycles. The first-order valence-corrected chi connectivity index (χ1v) is 5.32. The standard InChI is InChI=1S/C10H18N2O3/c1-12(6-7-13)10(15)9(14)11-8-4-2-3-5-8/h8,13H,2-7H2,1H3,(H,11,14). The number of hydrogen-bond donors (Lipinski definition) is 2. The van der Waals surface area contributed by atoms with Gasteiger partial charge in [-0.15, -0.1) is 0 Å². The van der Waals surface area contributed by atoms with Crippen molar-refractivity contribution in [2.45, 2.75) is 31.7 Å². The number of amides is 2. The molecule has 0 atom stereocenters. The summed E-state index contributed by atoms with van der Waals surface area (Å²) in [6.07, 6.45) is 4.16. The van der Waals surface area contributed by atoms with Crippen molar-refractivity contribution in [3.8, 4) is 0 Å². The van der Waals surface area contributed by atoms with E-state index in [4.69, 9.17) is 5.11 Å². The van der Waals surface area contributed by atoms with Gasteiger partial charge in [0.15, 0.2) is 0 Å². The lowest BCUT2D eigenvalue weighted by Crippen LogP contribution is -2.45. The minimum atomic E-state index is -0.573. The molecule has 0 aliphatic heterocycles. The van der Waals surface area contributed by atoms with Crippen molar-refractivity contribution in [2.75, 3.05) is 20.2 Å². The minimum Gasteiger partial charge on any atom is -0.395 e. The lowest BCUT2D eigenvalue weighted by molar-refractivity contribution is -0.145. The lowest BCUT2D eigenvalue weighted by atomic mass is 10.2. The van der Waals surface area contributed by atoms with E-state index in [9.17, 15) is 9.59 Å². The van der Waals surface area contributed by atoms with Crippen LogP contribution < -0.4 is 5.32 Å². The number of nitrogens with zero attached hydrogens (tertiary/aromatic N) is 1. The monoisotopic (exact) mass is 214 g/mol. The Balaban J connectivity index is 2.35. The molecule has 1 fully saturated rings. The van der Waals surface area contributed by atoms with E-state index in [1.165, 1.54) is 11.9 Å². The zero-order valence-corrected chi connectivity index (χ0v) is 9.03. The van der Waals surface area contributed by atoms with Gasteiger partial charge in [0.2, 0.25) is 0 Å². The van der Waals surface area contributed by atoms with Gasteiger partial charge in [0, 0.05) is 19.6 Å². The molecule has 1 rings (SSSR count). The van der Waals surface area contributed by atoms with Crippen molar-refractivity contribution >= 4 is 11.8 Å². The number of hydrogen-bond acceptors (Lipinski definition) is 3. The molecule has 1 saturated carbocycles. The van der Waals surface area contributed by atoms with Crippen LogP contribution in [0.25, 0.3) is 0 Å². The third kappa shape index (κ3) is 3.51. The van der Waals surface area contributed by atoms with Gasteiger partial charge in [-0.2, -0.15) is 0 Å². The van der Waals surface area contributed by atoms with Crippen LogP contribution in [0.1, 0.15) is 25.7 Å². The molecule has 0 spiro atoms. The predicted octanol–water partition coefficient (Wildman–Crippen LogP) is -0.504. The molecule has 0 radical (unpaired) electrons. The molecule has 0 aromatic rings. The maximum absolute atomic E-state index is 11.4. The number of likely N-dealkylation sites (N-methyl/N-ethyl adjacent to an activating group) is 1. The Morgan fingerprint density at radius 2 is 2.00 bits per heavy atom. The van der Waals surface area contributed by atoms with Gasteiger partial charge in [-0.3, -0.25) is 9.59 Å². The molecule has 0 heterocycles. The van der Waals surface area contributed by atoms with Crippen LogP contribution in [-0.4, -0.2) is 48.1 Å². The third-order valence-corrected chi connectivity index (χ3v) is 2.67. The van der Waals surface area contributed by atoms with Crippen molar-refractivity contribution in [3.05, 3.63) is 0 Å². The van der Waals surface area contributed by atoms with Crippen molar-refractivity contribution in [1.29, 1.82) is 0 Å². The molecule has 0 unspecified atom stereocenters. The highest BCUT2D eigenvalue weighted by molar-refractivity contribution is 6.35. The molecule has 2 amide bonds. The van der Waals surface area contributed by atoms with Gasteiger partial charge in [0.25, 0.3) is 0 Å².